The number of nitrogens with zero attached hydrogens (tertiary/aromatic N) is 1. The van der Waals surface area contributed by atoms with E-state index in [2.05, 4.69) is 50.6 Å². The summed E-state index contributed by atoms with van der Waals surface area (Å²) in [5.41, 5.74) is 1.99. The van der Waals surface area contributed by atoms with E-state index >= 15 is 0 Å². The summed E-state index contributed by atoms with van der Waals surface area (Å²) in [6, 6.07) is 13.8. The Hall–Kier alpha value is -1.34. The number of hydrogen-bond donors (Lipinski definition) is 2. The SMILES string of the molecule is CN1CCC(Oc2ccc(CNC(=S)Nc3ccc(Br)c(Cl)c3)cc2)CC1. The van der Waals surface area contributed by atoms with E-state index in [0.717, 1.165) is 47.4 Å². The molecule has 1 saturated heterocycles. The number of anilines is 1. The highest BCUT2D eigenvalue weighted by Gasteiger charge is 2.17. The number of benzene rings is 2. The van der Waals surface area contributed by atoms with Crippen molar-refractivity contribution in [1.29, 1.82) is 0 Å². The van der Waals surface area contributed by atoms with Crippen LogP contribution in [0.25, 0.3) is 0 Å². The third-order valence-electron chi connectivity index (χ3n) is 4.52. The molecule has 1 heterocycles. The van der Waals surface area contributed by atoms with Gasteiger partial charge in [-0.05, 0) is 83.9 Å². The van der Waals surface area contributed by atoms with Crippen molar-refractivity contribution in [2.24, 2.45) is 0 Å². The Morgan fingerprint density at radius 3 is 2.59 bits per heavy atom. The lowest BCUT2D eigenvalue weighted by Gasteiger charge is -2.29. The van der Waals surface area contributed by atoms with Crippen molar-refractivity contribution in [3.63, 3.8) is 0 Å². The zero-order chi connectivity index (χ0) is 19.2. The van der Waals surface area contributed by atoms with E-state index in [1.165, 1.54) is 0 Å². The summed E-state index contributed by atoms with van der Waals surface area (Å²) in [5.74, 6) is 0.929. The van der Waals surface area contributed by atoms with Crippen LogP contribution in [-0.4, -0.2) is 36.3 Å². The third kappa shape index (κ3) is 6.35. The van der Waals surface area contributed by atoms with Crippen LogP contribution in [0.3, 0.4) is 0 Å². The lowest BCUT2D eigenvalue weighted by molar-refractivity contribution is 0.114. The number of halogens is 2. The normalized spacial score (nSPS) is 15.4. The monoisotopic (exact) mass is 467 g/mol. The van der Waals surface area contributed by atoms with E-state index in [9.17, 15) is 0 Å². The van der Waals surface area contributed by atoms with Crippen LogP contribution < -0.4 is 15.4 Å². The van der Waals surface area contributed by atoms with Gasteiger partial charge in [0.25, 0.3) is 0 Å². The minimum atomic E-state index is 0.319. The number of rotatable bonds is 5. The topological polar surface area (TPSA) is 36.5 Å². The van der Waals surface area contributed by atoms with Crippen LogP contribution in [0.5, 0.6) is 5.75 Å². The summed E-state index contributed by atoms with van der Waals surface area (Å²) in [4.78, 5) is 2.34. The van der Waals surface area contributed by atoms with Gasteiger partial charge < -0.3 is 20.3 Å². The number of ether oxygens (including phenoxy) is 1. The molecule has 7 heteroatoms. The summed E-state index contributed by atoms with van der Waals surface area (Å²) in [6.45, 7) is 2.84. The van der Waals surface area contributed by atoms with Crippen molar-refractivity contribution in [3.05, 3.63) is 57.5 Å². The molecule has 2 aromatic carbocycles. The van der Waals surface area contributed by atoms with E-state index in [1.54, 1.807) is 0 Å². The number of thiocarbonyl (C=S) groups is 1. The van der Waals surface area contributed by atoms with E-state index < -0.39 is 0 Å². The van der Waals surface area contributed by atoms with Crippen LogP contribution in [-0.2, 0) is 6.54 Å². The molecular weight excluding hydrogens is 446 g/mol. The Kier molecular flexibility index (Phi) is 7.35. The smallest absolute Gasteiger partial charge is 0.171 e. The average molecular weight is 469 g/mol. The lowest BCUT2D eigenvalue weighted by Crippen LogP contribution is -2.35. The van der Waals surface area contributed by atoms with E-state index in [-0.39, 0.29) is 0 Å². The van der Waals surface area contributed by atoms with Gasteiger partial charge in [-0.2, -0.15) is 0 Å². The highest BCUT2D eigenvalue weighted by Crippen LogP contribution is 2.25. The Balaban J connectivity index is 1.45. The molecule has 1 aliphatic rings. The molecule has 2 N–H and O–H groups in total. The van der Waals surface area contributed by atoms with Gasteiger partial charge in [-0.1, -0.05) is 23.7 Å². The molecule has 0 amide bonds. The maximum Gasteiger partial charge on any atom is 0.171 e. The quantitative estimate of drug-likeness (QED) is 0.600. The molecule has 27 heavy (non-hydrogen) atoms. The molecule has 0 radical (unpaired) electrons. The second-order valence-corrected chi connectivity index (χ2v) is 8.37. The highest BCUT2D eigenvalue weighted by molar-refractivity contribution is 9.10. The van der Waals surface area contributed by atoms with Crippen LogP contribution in [0.2, 0.25) is 5.02 Å². The van der Waals surface area contributed by atoms with Crippen LogP contribution in [0.15, 0.2) is 46.9 Å². The average Bonchev–Trinajstić information content (AvgIpc) is 2.66. The molecule has 144 valence electrons. The van der Waals surface area contributed by atoms with Crippen molar-refractivity contribution < 1.29 is 4.74 Å². The zero-order valence-corrected chi connectivity index (χ0v) is 18.3. The van der Waals surface area contributed by atoms with Crippen molar-refractivity contribution in [2.45, 2.75) is 25.5 Å². The number of piperidine rings is 1. The Morgan fingerprint density at radius 2 is 1.93 bits per heavy atom. The van der Waals surface area contributed by atoms with Crippen molar-refractivity contribution >= 4 is 50.5 Å². The van der Waals surface area contributed by atoms with Crippen LogP contribution in [0.1, 0.15) is 18.4 Å². The number of likely N-dealkylation sites (tertiary alicyclic amines) is 1. The van der Waals surface area contributed by atoms with Crippen LogP contribution in [0, 0.1) is 0 Å². The molecule has 4 nitrogen and oxygen atoms in total. The van der Waals surface area contributed by atoms with Gasteiger partial charge in [-0.25, -0.2) is 0 Å². The minimum Gasteiger partial charge on any atom is -0.490 e. The van der Waals surface area contributed by atoms with Gasteiger partial charge in [0.2, 0.25) is 0 Å². The van der Waals surface area contributed by atoms with Gasteiger partial charge >= 0.3 is 0 Å². The van der Waals surface area contributed by atoms with Crippen molar-refractivity contribution in [1.82, 2.24) is 10.2 Å². The molecule has 0 atom stereocenters. The standard InChI is InChI=1S/C20H23BrClN3OS/c1-25-10-8-17(9-11-25)26-16-5-2-14(3-6-16)13-23-20(27)24-15-4-7-18(21)19(22)12-15/h2-7,12,17H,8-11,13H2,1H3,(H2,23,24,27). The molecule has 0 aromatic heterocycles. The second-order valence-electron chi connectivity index (χ2n) is 6.70. The molecule has 0 spiro atoms. The van der Waals surface area contributed by atoms with E-state index in [1.807, 2.05) is 30.3 Å². The first-order valence-corrected chi connectivity index (χ1v) is 10.5. The summed E-state index contributed by atoms with van der Waals surface area (Å²) < 4.78 is 6.94. The van der Waals surface area contributed by atoms with Crippen LogP contribution in [0.4, 0.5) is 5.69 Å². The highest BCUT2D eigenvalue weighted by atomic mass is 79.9. The number of hydrogen-bond acceptors (Lipinski definition) is 3. The molecule has 3 rings (SSSR count). The third-order valence-corrected chi connectivity index (χ3v) is 6.00. The molecule has 0 bridgehead atoms. The van der Waals surface area contributed by atoms with Gasteiger partial charge in [0.15, 0.2) is 5.11 Å². The van der Waals surface area contributed by atoms with Gasteiger partial charge in [-0.3, -0.25) is 0 Å². The summed E-state index contributed by atoms with van der Waals surface area (Å²) >= 11 is 14.8. The van der Waals surface area contributed by atoms with Gasteiger partial charge in [0.1, 0.15) is 11.9 Å². The lowest BCUT2D eigenvalue weighted by atomic mass is 10.1. The van der Waals surface area contributed by atoms with Gasteiger partial charge in [-0.15, -0.1) is 0 Å². The van der Waals surface area contributed by atoms with Gasteiger partial charge in [0.05, 0.1) is 5.02 Å². The fourth-order valence-corrected chi connectivity index (χ4v) is 3.53. The van der Waals surface area contributed by atoms with E-state index in [4.69, 9.17) is 28.6 Å². The maximum atomic E-state index is 6.10. The van der Waals surface area contributed by atoms with Gasteiger partial charge in [0, 0.05) is 29.8 Å². The Morgan fingerprint density at radius 1 is 1.22 bits per heavy atom. The minimum absolute atomic E-state index is 0.319. The molecule has 1 aliphatic heterocycles. The largest absolute Gasteiger partial charge is 0.490 e. The van der Waals surface area contributed by atoms with Crippen LogP contribution >= 0.6 is 39.7 Å². The molecule has 0 aliphatic carbocycles. The molecule has 1 fully saturated rings. The summed E-state index contributed by atoms with van der Waals surface area (Å²) in [6.07, 6.45) is 2.49. The molecule has 2 aromatic rings. The Labute approximate surface area is 179 Å². The van der Waals surface area contributed by atoms with E-state index in [0.29, 0.717) is 22.8 Å². The summed E-state index contributed by atoms with van der Waals surface area (Å²) in [5, 5.41) is 7.54. The zero-order valence-electron chi connectivity index (χ0n) is 15.2. The van der Waals surface area contributed by atoms with Crippen molar-refractivity contribution in [3.8, 4) is 5.75 Å². The molecule has 0 saturated carbocycles. The fraction of sp³-hybridized carbons (Fsp3) is 0.350. The summed E-state index contributed by atoms with van der Waals surface area (Å²) in [7, 11) is 2.16. The first-order valence-electron chi connectivity index (χ1n) is 8.93. The first kappa shape index (κ1) is 20.4. The van der Waals surface area contributed by atoms with Crippen molar-refractivity contribution in [2.75, 3.05) is 25.5 Å². The predicted octanol–water partition coefficient (Wildman–Crippen LogP) is 5.06. The molecule has 0 unspecified atom stereocenters. The predicted molar refractivity (Wildman–Crippen MR) is 120 cm³/mol. The Bertz CT molecular complexity index is 779. The first-order chi connectivity index (χ1) is 13.0. The fourth-order valence-electron chi connectivity index (χ4n) is 2.91. The molecular formula is C20H23BrClN3OS. The second kappa shape index (κ2) is 9.73. The number of nitrogens with one attached hydrogen (secondary N) is 2. The maximum absolute atomic E-state index is 6.10.